The number of ether oxygens (including phenoxy) is 3. The summed E-state index contributed by atoms with van der Waals surface area (Å²) in [4.78, 5) is 51.4. The molecule has 1 aliphatic heterocycles. The fourth-order valence-electron chi connectivity index (χ4n) is 3.88. The number of hydrogen-bond acceptors (Lipinski definition) is 7. The number of urea groups is 1. The van der Waals surface area contributed by atoms with Crippen LogP contribution in [0.25, 0.3) is 6.08 Å². The number of benzene rings is 3. The summed E-state index contributed by atoms with van der Waals surface area (Å²) in [6, 6.07) is 13.2. The lowest BCUT2D eigenvalue weighted by molar-refractivity contribution is -0.122. The van der Waals surface area contributed by atoms with Gasteiger partial charge in [-0.3, -0.25) is 14.9 Å². The van der Waals surface area contributed by atoms with Gasteiger partial charge in [0.1, 0.15) is 12.2 Å². The average Bonchev–Trinajstić information content (AvgIpc) is 2.92. The van der Waals surface area contributed by atoms with Crippen molar-refractivity contribution in [3.8, 4) is 11.5 Å². The predicted molar refractivity (Wildman–Crippen MR) is 163 cm³/mol. The van der Waals surface area contributed by atoms with Crippen LogP contribution < -0.4 is 19.7 Å². The smallest absolute Gasteiger partial charge is 0.338 e. The quantitative estimate of drug-likeness (QED) is 0.118. The fraction of sp³-hybridized carbons (Fsp3) is 0.172. The highest BCUT2D eigenvalue weighted by atomic mass is 127. The zero-order chi connectivity index (χ0) is 29.7. The molecule has 4 amide bonds. The van der Waals surface area contributed by atoms with Crippen LogP contribution in [0, 0.1) is 3.57 Å². The van der Waals surface area contributed by atoms with E-state index in [2.05, 4.69) is 27.9 Å². The zero-order valence-corrected chi connectivity index (χ0v) is 25.5. The Hall–Kier alpha value is -3.61. The van der Waals surface area contributed by atoms with Crippen molar-refractivity contribution in [2.75, 3.05) is 18.1 Å². The van der Waals surface area contributed by atoms with E-state index in [1.807, 2.05) is 6.92 Å². The minimum absolute atomic E-state index is 0.152. The molecule has 0 aromatic heterocycles. The topological polar surface area (TPSA) is 111 Å². The Balaban J connectivity index is 1.63. The first-order chi connectivity index (χ1) is 19.6. The van der Waals surface area contributed by atoms with Gasteiger partial charge in [0.2, 0.25) is 0 Å². The molecular formula is C29H23Cl2IN2O7. The van der Waals surface area contributed by atoms with Gasteiger partial charge in [-0.05, 0) is 96.6 Å². The van der Waals surface area contributed by atoms with E-state index in [9.17, 15) is 19.2 Å². The monoisotopic (exact) mass is 708 g/mol. The molecule has 1 N–H and O–H groups in total. The van der Waals surface area contributed by atoms with Gasteiger partial charge in [0.05, 0.1) is 28.0 Å². The Bertz CT molecular complexity index is 1560. The molecule has 0 unspecified atom stereocenters. The highest BCUT2D eigenvalue weighted by Gasteiger charge is 2.37. The molecule has 12 heteroatoms. The van der Waals surface area contributed by atoms with Crippen LogP contribution in [0.5, 0.6) is 11.5 Å². The number of nitrogens with zero attached hydrogens (tertiary/aromatic N) is 1. The summed E-state index contributed by atoms with van der Waals surface area (Å²) < 4.78 is 17.4. The minimum Gasteiger partial charge on any atom is -0.490 e. The van der Waals surface area contributed by atoms with Crippen LogP contribution in [-0.2, 0) is 20.9 Å². The van der Waals surface area contributed by atoms with E-state index in [0.717, 1.165) is 10.5 Å². The molecule has 1 saturated heterocycles. The van der Waals surface area contributed by atoms with Crippen molar-refractivity contribution in [3.63, 3.8) is 0 Å². The summed E-state index contributed by atoms with van der Waals surface area (Å²) in [5.41, 5.74) is 1.36. The number of anilines is 1. The summed E-state index contributed by atoms with van der Waals surface area (Å²) in [5, 5.41) is 3.16. The van der Waals surface area contributed by atoms with Crippen molar-refractivity contribution in [2.24, 2.45) is 0 Å². The van der Waals surface area contributed by atoms with Crippen molar-refractivity contribution < 1.29 is 33.4 Å². The molecular weight excluding hydrogens is 686 g/mol. The molecule has 41 heavy (non-hydrogen) atoms. The summed E-state index contributed by atoms with van der Waals surface area (Å²) in [5.74, 6) is -1.35. The van der Waals surface area contributed by atoms with Gasteiger partial charge in [-0.25, -0.2) is 14.5 Å². The normalized spacial score (nSPS) is 14.2. The van der Waals surface area contributed by atoms with Crippen molar-refractivity contribution in [2.45, 2.75) is 20.5 Å². The van der Waals surface area contributed by atoms with Crippen molar-refractivity contribution in [3.05, 3.63) is 90.5 Å². The summed E-state index contributed by atoms with van der Waals surface area (Å²) in [6.45, 7) is 4.19. The number of imide groups is 2. The third-order valence-electron chi connectivity index (χ3n) is 5.77. The van der Waals surface area contributed by atoms with Crippen LogP contribution in [0.2, 0.25) is 10.0 Å². The third-order valence-corrected chi connectivity index (χ3v) is 7.16. The molecule has 4 rings (SSSR count). The first-order valence-electron chi connectivity index (χ1n) is 12.3. The molecule has 0 radical (unpaired) electrons. The van der Waals surface area contributed by atoms with Gasteiger partial charge < -0.3 is 14.2 Å². The second-order valence-corrected chi connectivity index (χ2v) is 10.5. The number of amides is 4. The maximum Gasteiger partial charge on any atom is 0.338 e. The number of carbonyl (C=O) groups is 4. The number of carbonyl (C=O) groups excluding carboxylic acids is 4. The van der Waals surface area contributed by atoms with Crippen LogP contribution in [0.4, 0.5) is 10.5 Å². The summed E-state index contributed by atoms with van der Waals surface area (Å²) in [7, 11) is 0. The molecule has 0 spiro atoms. The third kappa shape index (κ3) is 7.00. The zero-order valence-electron chi connectivity index (χ0n) is 21.8. The van der Waals surface area contributed by atoms with Crippen molar-refractivity contribution in [1.82, 2.24) is 5.32 Å². The maximum absolute atomic E-state index is 13.4. The Morgan fingerprint density at radius 2 is 1.71 bits per heavy atom. The molecule has 0 saturated carbocycles. The van der Waals surface area contributed by atoms with E-state index >= 15 is 0 Å². The van der Waals surface area contributed by atoms with Gasteiger partial charge in [0.25, 0.3) is 11.8 Å². The van der Waals surface area contributed by atoms with Gasteiger partial charge in [0, 0.05) is 15.6 Å². The van der Waals surface area contributed by atoms with Crippen LogP contribution in [0.3, 0.4) is 0 Å². The number of rotatable bonds is 9. The molecule has 1 heterocycles. The van der Waals surface area contributed by atoms with Gasteiger partial charge in [-0.15, -0.1) is 0 Å². The highest BCUT2D eigenvalue weighted by Crippen LogP contribution is 2.36. The highest BCUT2D eigenvalue weighted by molar-refractivity contribution is 14.1. The molecule has 1 fully saturated rings. The fourth-order valence-corrected chi connectivity index (χ4v) is 5.13. The SMILES string of the molecule is CCOC(=O)c1ccc(N2C(=O)NC(=O)/C(=C\c3cc(I)c(OCc4ccc(Cl)cc4Cl)c(OCC)c3)C2=O)cc1. The number of esters is 1. The van der Waals surface area contributed by atoms with Crippen LogP contribution in [0.15, 0.2) is 60.2 Å². The summed E-state index contributed by atoms with van der Waals surface area (Å²) in [6.07, 6.45) is 1.37. The number of hydrogen-bond donors (Lipinski definition) is 1. The first-order valence-corrected chi connectivity index (χ1v) is 14.2. The Morgan fingerprint density at radius 3 is 2.37 bits per heavy atom. The summed E-state index contributed by atoms with van der Waals surface area (Å²) >= 11 is 14.3. The molecule has 3 aromatic carbocycles. The van der Waals surface area contributed by atoms with Crippen LogP contribution in [-0.4, -0.2) is 37.0 Å². The second-order valence-electron chi connectivity index (χ2n) is 8.51. The minimum atomic E-state index is -0.907. The number of halogens is 3. The molecule has 1 aliphatic rings. The van der Waals surface area contributed by atoms with E-state index in [0.29, 0.717) is 37.3 Å². The molecule has 9 nitrogen and oxygen atoms in total. The lowest BCUT2D eigenvalue weighted by Crippen LogP contribution is -2.54. The number of barbiturate groups is 1. The average molecular weight is 709 g/mol. The Labute approximate surface area is 259 Å². The molecule has 212 valence electrons. The molecule has 3 aromatic rings. The standard InChI is InChI=1S/C29H23Cl2IN2O7/c1-3-39-24-13-16(12-23(32)25(24)41-15-18-5-8-19(30)14-22(18)31)11-21-26(35)33-29(38)34(27(21)36)20-9-6-17(7-10-20)28(37)40-4-2/h5-14H,3-4,15H2,1-2H3,(H,33,35,38)/b21-11+. The van der Waals surface area contributed by atoms with Crippen molar-refractivity contribution >= 4 is 81.4 Å². The lowest BCUT2D eigenvalue weighted by Gasteiger charge is -2.26. The molecule has 0 bridgehead atoms. The maximum atomic E-state index is 13.4. The Morgan fingerprint density at radius 1 is 0.976 bits per heavy atom. The van der Waals surface area contributed by atoms with Crippen LogP contribution >= 0.6 is 45.8 Å². The van der Waals surface area contributed by atoms with Gasteiger partial charge in [-0.2, -0.15) is 0 Å². The van der Waals surface area contributed by atoms with E-state index < -0.39 is 23.8 Å². The van der Waals surface area contributed by atoms with E-state index in [1.54, 1.807) is 37.3 Å². The van der Waals surface area contributed by atoms with E-state index in [-0.39, 0.29) is 30.0 Å². The van der Waals surface area contributed by atoms with Gasteiger partial charge in [-0.1, -0.05) is 29.3 Å². The first kappa shape index (κ1) is 30.4. The number of nitrogens with one attached hydrogen (secondary N) is 1. The van der Waals surface area contributed by atoms with Crippen molar-refractivity contribution in [1.29, 1.82) is 0 Å². The molecule has 0 atom stereocenters. The van der Waals surface area contributed by atoms with Gasteiger partial charge in [0.15, 0.2) is 11.5 Å². The second kappa shape index (κ2) is 13.4. The van der Waals surface area contributed by atoms with E-state index in [4.69, 9.17) is 37.4 Å². The predicted octanol–water partition coefficient (Wildman–Crippen LogP) is 6.42. The van der Waals surface area contributed by atoms with E-state index in [1.165, 1.54) is 30.3 Å². The van der Waals surface area contributed by atoms with Crippen LogP contribution in [0.1, 0.15) is 35.3 Å². The largest absolute Gasteiger partial charge is 0.490 e. The Kier molecular flexibility index (Phi) is 9.90. The lowest BCUT2D eigenvalue weighted by atomic mass is 10.1. The molecule has 0 aliphatic carbocycles. The van der Waals surface area contributed by atoms with Gasteiger partial charge >= 0.3 is 12.0 Å².